The summed E-state index contributed by atoms with van der Waals surface area (Å²) in [5, 5.41) is 0. The minimum atomic E-state index is -0.769. The van der Waals surface area contributed by atoms with Crippen molar-refractivity contribution in [2.24, 2.45) is 0 Å². The largest absolute Gasteiger partial charge is 0.462 e. The zero-order valence-electron chi connectivity index (χ0n) is 53.7. The molecule has 0 saturated heterocycles. The summed E-state index contributed by atoms with van der Waals surface area (Å²) in [6.07, 6.45) is 83.4. The van der Waals surface area contributed by atoms with E-state index in [-0.39, 0.29) is 31.1 Å². The van der Waals surface area contributed by atoms with Crippen LogP contribution < -0.4 is 0 Å². The topological polar surface area (TPSA) is 78.9 Å². The van der Waals surface area contributed by atoms with Crippen molar-refractivity contribution in [3.8, 4) is 0 Å². The highest BCUT2D eigenvalue weighted by Crippen LogP contribution is 2.19. The molecule has 0 rings (SSSR count). The molecule has 0 aliphatic heterocycles. The lowest BCUT2D eigenvalue weighted by molar-refractivity contribution is -0.167. The molecule has 79 heavy (non-hydrogen) atoms. The van der Waals surface area contributed by atoms with E-state index in [0.717, 1.165) is 64.2 Å². The van der Waals surface area contributed by atoms with Crippen LogP contribution in [0.1, 0.15) is 406 Å². The lowest BCUT2D eigenvalue weighted by atomic mass is 10.0. The fourth-order valence-corrected chi connectivity index (χ4v) is 11.1. The van der Waals surface area contributed by atoms with Crippen LogP contribution in [0.3, 0.4) is 0 Å². The van der Waals surface area contributed by atoms with Crippen LogP contribution in [-0.4, -0.2) is 37.2 Å². The summed E-state index contributed by atoms with van der Waals surface area (Å²) in [5.41, 5.74) is 0. The highest BCUT2D eigenvalue weighted by Gasteiger charge is 2.19. The Hall–Kier alpha value is -2.11. The SMILES string of the molecule is CCCCCCC/C=C\C/C=C\CCCCCCCCCCCCCC(=O)OCC(COC(=O)CCCCCCCCCCCCCCCCCCCC)OC(=O)CCCCCCCCCCCCCCCCCCCCCC. The fourth-order valence-electron chi connectivity index (χ4n) is 11.1. The molecule has 0 spiro atoms. The molecular formula is C73H138O6. The molecule has 0 aliphatic carbocycles. The summed E-state index contributed by atoms with van der Waals surface area (Å²) in [5.74, 6) is -0.830. The van der Waals surface area contributed by atoms with Gasteiger partial charge in [0.1, 0.15) is 13.2 Å². The number of allylic oxidation sites excluding steroid dienone is 4. The molecule has 0 aromatic rings. The molecule has 466 valence electrons. The molecule has 0 aromatic carbocycles. The first-order valence-electron chi connectivity index (χ1n) is 35.8. The zero-order chi connectivity index (χ0) is 57.1. The maximum atomic E-state index is 13.0. The van der Waals surface area contributed by atoms with Crippen molar-refractivity contribution < 1.29 is 28.6 Å². The van der Waals surface area contributed by atoms with Gasteiger partial charge in [0.25, 0.3) is 0 Å². The van der Waals surface area contributed by atoms with E-state index in [4.69, 9.17) is 14.2 Å². The number of esters is 3. The first-order valence-corrected chi connectivity index (χ1v) is 35.8. The molecule has 0 fully saturated rings. The normalized spacial score (nSPS) is 12.1. The molecule has 0 aliphatic rings. The Labute approximate surface area is 493 Å². The van der Waals surface area contributed by atoms with E-state index < -0.39 is 6.10 Å². The maximum absolute atomic E-state index is 13.0. The molecule has 6 heteroatoms. The van der Waals surface area contributed by atoms with E-state index in [2.05, 4.69) is 45.1 Å². The molecule has 0 amide bonds. The van der Waals surface area contributed by atoms with E-state index in [1.807, 2.05) is 0 Å². The molecule has 0 heterocycles. The van der Waals surface area contributed by atoms with Crippen molar-refractivity contribution in [1.82, 2.24) is 0 Å². The summed E-state index contributed by atoms with van der Waals surface area (Å²) in [6.45, 7) is 6.72. The van der Waals surface area contributed by atoms with Gasteiger partial charge in [-0.15, -0.1) is 0 Å². The van der Waals surface area contributed by atoms with Gasteiger partial charge >= 0.3 is 17.9 Å². The number of ether oxygens (including phenoxy) is 3. The second-order valence-corrected chi connectivity index (χ2v) is 24.5. The van der Waals surface area contributed by atoms with Crippen LogP contribution in [0.5, 0.6) is 0 Å². The summed E-state index contributed by atoms with van der Waals surface area (Å²) in [4.78, 5) is 38.5. The Balaban J connectivity index is 4.29. The van der Waals surface area contributed by atoms with Crippen molar-refractivity contribution in [1.29, 1.82) is 0 Å². The van der Waals surface area contributed by atoms with Gasteiger partial charge in [0, 0.05) is 19.3 Å². The molecule has 0 bridgehead atoms. The number of rotatable bonds is 67. The standard InChI is InChI=1S/C73H138O6/c1-4-7-10-13-16-19-22-25-28-31-34-36-37-38-40-42-45-48-51-54-57-60-63-66-72(75)78-69-70(68-77-71(74)65-62-59-56-53-50-47-44-41-33-30-27-24-21-18-15-12-9-6-3)79-73(76)67-64-61-58-55-52-49-46-43-39-35-32-29-26-23-20-17-14-11-8-5-2/h22,25,31,34,70H,4-21,23-24,26-30,32-33,35-69H2,1-3H3/b25-22-,34-31-. The number of carbonyl (C=O) groups is 3. The second-order valence-electron chi connectivity index (χ2n) is 24.5. The number of hydrogen-bond acceptors (Lipinski definition) is 6. The Morgan fingerprint density at radius 2 is 0.456 bits per heavy atom. The first-order chi connectivity index (χ1) is 39.0. The maximum Gasteiger partial charge on any atom is 0.306 e. The van der Waals surface area contributed by atoms with Gasteiger partial charge in [0.2, 0.25) is 0 Å². The van der Waals surface area contributed by atoms with E-state index >= 15 is 0 Å². The van der Waals surface area contributed by atoms with E-state index in [9.17, 15) is 14.4 Å². The van der Waals surface area contributed by atoms with Gasteiger partial charge in [-0.25, -0.2) is 0 Å². The zero-order valence-corrected chi connectivity index (χ0v) is 53.7. The number of unbranched alkanes of at least 4 members (excludes halogenated alkanes) is 52. The number of hydrogen-bond donors (Lipinski definition) is 0. The highest BCUT2D eigenvalue weighted by atomic mass is 16.6. The van der Waals surface area contributed by atoms with Crippen molar-refractivity contribution >= 4 is 17.9 Å². The van der Waals surface area contributed by atoms with E-state index in [1.165, 1.54) is 302 Å². The van der Waals surface area contributed by atoms with Crippen molar-refractivity contribution in [3.63, 3.8) is 0 Å². The molecule has 0 radical (unpaired) electrons. The van der Waals surface area contributed by atoms with Crippen molar-refractivity contribution in [2.45, 2.75) is 412 Å². The summed E-state index contributed by atoms with van der Waals surface area (Å²) in [6, 6.07) is 0. The monoisotopic (exact) mass is 1110 g/mol. The highest BCUT2D eigenvalue weighted by molar-refractivity contribution is 5.71. The average Bonchev–Trinajstić information content (AvgIpc) is 3.45. The van der Waals surface area contributed by atoms with E-state index in [1.54, 1.807) is 0 Å². The Morgan fingerprint density at radius 1 is 0.253 bits per heavy atom. The van der Waals surface area contributed by atoms with Gasteiger partial charge in [-0.3, -0.25) is 14.4 Å². The van der Waals surface area contributed by atoms with Crippen molar-refractivity contribution in [2.75, 3.05) is 13.2 Å². The van der Waals surface area contributed by atoms with Crippen LogP contribution in [0.2, 0.25) is 0 Å². The van der Waals surface area contributed by atoms with Crippen LogP contribution in [-0.2, 0) is 28.6 Å². The van der Waals surface area contributed by atoms with Gasteiger partial charge in [0.15, 0.2) is 6.10 Å². The lowest BCUT2D eigenvalue weighted by Crippen LogP contribution is -2.30. The number of carbonyl (C=O) groups excluding carboxylic acids is 3. The van der Waals surface area contributed by atoms with Gasteiger partial charge in [0.05, 0.1) is 0 Å². The Kier molecular flexibility index (Phi) is 66.6. The van der Waals surface area contributed by atoms with Crippen LogP contribution in [0, 0.1) is 0 Å². The predicted molar refractivity (Wildman–Crippen MR) is 344 cm³/mol. The molecule has 0 N–H and O–H groups in total. The second kappa shape index (κ2) is 68.4. The molecule has 0 aromatic heterocycles. The molecule has 1 unspecified atom stereocenters. The van der Waals surface area contributed by atoms with Crippen LogP contribution in [0.4, 0.5) is 0 Å². The summed E-state index contributed by atoms with van der Waals surface area (Å²) < 4.78 is 17.0. The molecule has 0 saturated carbocycles. The third-order valence-corrected chi connectivity index (χ3v) is 16.5. The third kappa shape index (κ3) is 66.6. The summed E-state index contributed by atoms with van der Waals surface area (Å²) in [7, 11) is 0. The Morgan fingerprint density at radius 3 is 0.696 bits per heavy atom. The van der Waals surface area contributed by atoms with Gasteiger partial charge in [-0.05, 0) is 51.4 Å². The summed E-state index contributed by atoms with van der Waals surface area (Å²) >= 11 is 0. The quantitative estimate of drug-likeness (QED) is 0.0261. The fraction of sp³-hybridized carbons (Fsp3) is 0.904. The molecular weight excluding hydrogens is 973 g/mol. The third-order valence-electron chi connectivity index (χ3n) is 16.5. The lowest BCUT2D eigenvalue weighted by Gasteiger charge is -2.18. The predicted octanol–water partition coefficient (Wildman–Crippen LogP) is 24.6. The van der Waals surface area contributed by atoms with Crippen LogP contribution in [0.15, 0.2) is 24.3 Å². The average molecular weight is 1110 g/mol. The molecule has 1 atom stereocenters. The van der Waals surface area contributed by atoms with Gasteiger partial charge < -0.3 is 14.2 Å². The van der Waals surface area contributed by atoms with Crippen LogP contribution in [0.25, 0.3) is 0 Å². The smallest absolute Gasteiger partial charge is 0.306 e. The molecule has 6 nitrogen and oxygen atoms in total. The minimum absolute atomic E-state index is 0.0645. The van der Waals surface area contributed by atoms with Crippen molar-refractivity contribution in [3.05, 3.63) is 24.3 Å². The minimum Gasteiger partial charge on any atom is -0.462 e. The van der Waals surface area contributed by atoms with Gasteiger partial charge in [-0.2, -0.15) is 0 Å². The van der Waals surface area contributed by atoms with Gasteiger partial charge in [-0.1, -0.05) is 360 Å². The first kappa shape index (κ1) is 76.9. The van der Waals surface area contributed by atoms with E-state index in [0.29, 0.717) is 19.3 Å². The Bertz CT molecular complexity index is 1270. The van der Waals surface area contributed by atoms with Crippen LogP contribution >= 0.6 is 0 Å².